The van der Waals surface area contributed by atoms with Crippen LogP contribution in [0.25, 0.3) is 5.65 Å². The van der Waals surface area contributed by atoms with E-state index < -0.39 is 33.9 Å². The number of carbonyl (C=O) groups is 2. The Morgan fingerprint density at radius 1 is 1.30 bits per heavy atom. The number of amides is 1. The average Bonchev–Trinajstić information content (AvgIpc) is 3.70. The van der Waals surface area contributed by atoms with E-state index in [0.717, 1.165) is 16.7 Å². The Kier molecular flexibility index (Phi) is 10.4. The zero-order valence-electron chi connectivity index (χ0n) is 23.1. The van der Waals surface area contributed by atoms with Gasteiger partial charge in [-0.15, -0.1) is 20.4 Å². The number of hydrogen-bond donors (Lipinski definition) is 3. The van der Waals surface area contributed by atoms with Crippen LogP contribution in [0.3, 0.4) is 0 Å². The van der Waals surface area contributed by atoms with E-state index in [2.05, 4.69) is 30.2 Å². The Labute approximate surface area is 250 Å². The fraction of sp³-hybridized carbons (Fsp3) is 0.391. The van der Waals surface area contributed by atoms with Gasteiger partial charge in [-0.05, 0) is 18.1 Å². The SMILES string of the molecule is CCCOC(=O)Cc1nnc(SCc2ccc(OC(=O)N(C)c3cc4nnc(C(C)CNS(=O)O)n4[nH]3)c([N+](=O)[O-])c2)o1. The van der Waals surface area contributed by atoms with E-state index in [1.54, 1.807) is 13.0 Å². The molecule has 4 aromatic rings. The zero-order valence-corrected chi connectivity index (χ0v) is 24.7. The number of nitro benzene ring substituents is 1. The summed E-state index contributed by atoms with van der Waals surface area (Å²) in [6.45, 7) is 4.07. The van der Waals surface area contributed by atoms with Gasteiger partial charge in [0, 0.05) is 37.4 Å². The van der Waals surface area contributed by atoms with Crippen LogP contribution in [0.2, 0.25) is 0 Å². The number of thioether (sulfide) groups is 1. The molecule has 0 spiro atoms. The molecule has 2 unspecified atom stereocenters. The van der Waals surface area contributed by atoms with Crippen LogP contribution >= 0.6 is 11.8 Å². The number of nitrogens with one attached hydrogen (secondary N) is 2. The van der Waals surface area contributed by atoms with Crippen molar-refractivity contribution < 1.29 is 37.2 Å². The number of carbonyl (C=O) groups excluding carboxylic acids is 2. The van der Waals surface area contributed by atoms with Gasteiger partial charge in [-0.1, -0.05) is 31.7 Å². The van der Waals surface area contributed by atoms with E-state index in [1.165, 1.54) is 29.8 Å². The molecule has 0 bridgehead atoms. The highest BCUT2D eigenvalue weighted by atomic mass is 32.2. The number of aromatic nitrogens is 6. The van der Waals surface area contributed by atoms with Gasteiger partial charge >= 0.3 is 17.7 Å². The Morgan fingerprint density at radius 3 is 2.81 bits per heavy atom. The van der Waals surface area contributed by atoms with Crippen molar-refractivity contribution in [1.29, 1.82) is 0 Å². The van der Waals surface area contributed by atoms with Crippen LogP contribution in [0, 0.1) is 10.1 Å². The highest BCUT2D eigenvalue weighted by molar-refractivity contribution is 7.98. The Bertz CT molecular complexity index is 1640. The smallest absolute Gasteiger partial charge is 0.420 e. The lowest BCUT2D eigenvalue weighted by Gasteiger charge is -2.15. The number of anilines is 1. The van der Waals surface area contributed by atoms with Crippen molar-refractivity contribution in [3.05, 3.63) is 51.7 Å². The van der Waals surface area contributed by atoms with Crippen molar-refractivity contribution in [2.24, 2.45) is 0 Å². The van der Waals surface area contributed by atoms with Crippen LogP contribution in [0.1, 0.15) is 43.5 Å². The number of aromatic amines is 1. The number of benzene rings is 1. The number of nitrogens with zero attached hydrogens (tertiary/aromatic N) is 7. The molecule has 1 amide bonds. The Morgan fingerprint density at radius 2 is 2.09 bits per heavy atom. The molecule has 20 heteroatoms. The van der Waals surface area contributed by atoms with E-state index >= 15 is 0 Å². The molecule has 3 heterocycles. The number of hydrogen-bond acceptors (Lipinski definition) is 13. The normalized spacial score (nSPS) is 12.7. The van der Waals surface area contributed by atoms with Gasteiger partial charge < -0.3 is 13.9 Å². The number of esters is 1. The second-order valence-electron chi connectivity index (χ2n) is 9.03. The molecule has 1 aromatic carbocycles. The topological polar surface area (TPSA) is 233 Å². The van der Waals surface area contributed by atoms with Gasteiger partial charge in [-0.3, -0.25) is 29.5 Å². The number of fused-ring (bicyclic) bond motifs is 1. The molecule has 3 aromatic heterocycles. The largest absolute Gasteiger partial charge is 0.465 e. The molecular formula is C23H27N9O9S2. The van der Waals surface area contributed by atoms with Crippen molar-refractivity contribution >= 4 is 52.2 Å². The third kappa shape index (κ3) is 8.12. The molecule has 0 aliphatic rings. The van der Waals surface area contributed by atoms with Crippen molar-refractivity contribution in [3.63, 3.8) is 0 Å². The summed E-state index contributed by atoms with van der Waals surface area (Å²) in [5.41, 5.74) is 0.463. The fourth-order valence-electron chi connectivity index (χ4n) is 3.61. The van der Waals surface area contributed by atoms with E-state index in [0.29, 0.717) is 30.1 Å². The number of rotatable bonds is 14. The summed E-state index contributed by atoms with van der Waals surface area (Å²) in [4.78, 5) is 36.8. The van der Waals surface area contributed by atoms with Gasteiger partial charge in [0.25, 0.3) is 5.22 Å². The molecule has 0 saturated carbocycles. The zero-order chi connectivity index (χ0) is 31.1. The predicted octanol–water partition coefficient (Wildman–Crippen LogP) is 2.60. The first-order valence-corrected chi connectivity index (χ1v) is 14.8. The molecule has 0 radical (unpaired) electrons. The van der Waals surface area contributed by atoms with E-state index in [9.17, 15) is 23.9 Å². The van der Waals surface area contributed by atoms with Crippen LogP contribution in [0.4, 0.5) is 16.3 Å². The lowest BCUT2D eigenvalue weighted by Crippen LogP contribution is -2.30. The quantitative estimate of drug-likeness (QED) is 0.0593. The van der Waals surface area contributed by atoms with Gasteiger partial charge in [0.15, 0.2) is 11.5 Å². The highest BCUT2D eigenvalue weighted by Gasteiger charge is 2.24. The number of ether oxygens (including phenoxy) is 2. The average molecular weight is 638 g/mol. The summed E-state index contributed by atoms with van der Waals surface area (Å²) >= 11 is -1.08. The summed E-state index contributed by atoms with van der Waals surface area (Å²) in [5.74, 6) is -0.0526. The van der Waals surface area contributed by atoms with E-state index in [1.807, 2.05) is 6.92 Å². The third-order valence-corrected chi connectivity index (χ3v) is 7.09. The minimum Gasteiger partial charge on any atom is -0.465 e. The lowest BCUT2D eigenvalue weighted by molar-refractivity contribution is -0.385. The molecular weight excluding hydrogens is 610 g/mol. The van der Waals surface area contributed by atoms with E-state index in [-0.39, 0.29) is 47.3 Å². The van der Waals surface area contributed by atoms with Crippen molar-refractivity contribution in [2.75, 3.05) is 25.1 Å². The molecule has 230 valence electrons. The number of H-pyrrole nitrogens is 1. The first-order chi connectivity index (χ1) is 20.5. The van der Waals surface area contributed by atoms with Gasteiger partial charge in [0.2, 0.25) is 22.9 Å². The summed E-state index contributed by atoms with van der Waals surface area (Å²) < 4.78 is 39.5. The first kappa shape index (κ1) is 31.5. The maximum atomic E-state index is 12.9. The summed E-state index contributed by atoms with van der Waals surface area (Å²) in [7, 11) is 1.40. The second-order valence-corrected chi connectivity index (χ2v) is 10.7. The first-order valence-electron chi connectivity index (χ1n) is 12.7. The van der Waals surface area contributed by atoms with Gasteiger partial charge in [0.05, 0.1) is 11.5 Å². The predicted molar refractivity (Wildman–Crippen MR) is 151 cm³/mol. The molecule has 2 atom stereocenters. The molecule has 0 aliphatic heterocycles. The van der Waals surface area contributed by atoms with Gasteiger partial charge in [-0.25, -0.2) is 18.2 Å². The highest BCUT2D eigenvalue weighted by Crippen LogP contribution is 2.31. The second kappa shape index (κ2) is 14.2. The molecule has 4 rings (SSSR count). The molecule has 43 heavy (non-hydrogen) atoms. The number of nitro groups is 1. The standard InChI is InChI=1S/C23H27N9O9S2/c1-4-7-39-20(33)10-19-26-28-22(41-19)42-12-14-5-6-16(15(8-14)32(35)36)40-23(34)30(3)18-9-17-25-27-21(31(17)29-18)13(2)11-24-43(37)38/h5-6,8-9,13,24,29H,4,7,10-12H2,1-3H3,(H,37,38). The van der Waals surface area contributed by atoms with Crippen molar-refractivity contribution in [1.82, 2.24) is 34.7 Å². The minimum absolute atomic E-state index is 0.0924. The maximum Gasteiger partial charge on any atom is 0.420 e. The summed E-state index contributed by atoms with van der Waals surface area (Å²) in [6, 6.07) is 5.65. The Balaban J connectivity index is 1.40. The molecule has 0 saturated heterocycles. The van der Waals surface area contributed by atoms with Crippen LogP contribution in [0.5, 0.6) is 5.75 Å². The third-order valence-electron chi connectivity index (χ3n) is 5.78. The Hall–Kier alpha value is -4.40. The fourth-order valence-corrected chi connectivity index (χ4v) is 4.73. The van der Waals surface area contributed by atoms with Gasteiger partial charge in [0.1, 0.15) is 12.2 Å². The van der Waals surface area contributed by atoms with E-state index in [4.69, 9.17) is 18.4 Å². The van der Waals surface area contributed by atoms with Crippen LogP contribution in [-0.2, 0) is 33.0 Å². The minimum atomic E-state index is -2.19. The molecule has 0 fully saturated rings. The van der Waals surface area contributed by atoms with Crippen LogP contribution in [0.15, 0.2) is 33.9 Å². The lowest BCUT2D eigenvalue weighted by atomic mass is 10.2. The summed E-state index contributed by atoms with van der Waals surface area (Å²) in [5, 5.41) is 30.7. The summed E-state index contributed by atoms with van der Waals surface area (Å²) in [6.07, 6.45) is -0.383. The van der Waals surface area contributed by atoms with Crippen LogP contribution in [-0.4, -0.2) is 76.0 Å². The van der Waals surface area contributed by atoms with Crippen LogP contribution < -0.4 is 14.4 Å². The maximum absolute atomic E-state index is 12.9. The monoisotopic (exact) mass is 637 g/mol. The molecule has 0 aliphatic carbocycles. The van der Waals surface area contributed by atoms with Crippen molar-refractivity contribution in [3.8, 4) is 5.75 Å². The molecule has 18 nitrogen and oxygen atoms in total. The van der Waals surface area contributed by atoms with Crippen molar-refractivity contribution in [2.45, 2.75) is 43.6 Å². The molecule has 3 N–H and O–H groups in total. The van der Waals surface area contributed by atoms with Gasteiger partial charge in [-0.2, -0.15) is 0 Å².